The maximum atomic E-state index is 12.5. The monoisotopic (exact) mass is 346 g/mol. The number of nitrogen functional groups attached to an aromatic ring is 1. The number of nitrogens with one attached hydrogen (secondary N) is 1. The van der Waals surface area contributed by atoms with Gasteiger partial charge in [0.1, 0.15) is 9.71 Å². The van der Waals surface area contributed by atoms with E-state index in [4.69, 9.17) is 10.3 Å². The SMILES string of the molecule is CC(C)c1ccc2c(N)c(C(=O)Nc3c[n+](C(C)C)no3)sc2n1. The van der Waals surface area contributed by atoms with Gasteiger partial charge >= 0.3 is 5.88 Å². The highest BCUT2D eigenvalue weighted by Gasteiger charge is 2.22. The van der Waals surface area contributed by atoms with Crippen molar-refractivity contribution >= 4 is 39.0 Å². The summed E-state index contributed by atoms with van der Waals surface area (Å²) < 4.78 is 6.74. The van der Waals surface area contributed by atoms with Crippen molar-refractivity contribution < 1.29 is 14.0 Å². The molecule has 0 saturated carbocycles. The van der Waals surface area contributed by atoms with Crippen molar-refractivity contribution in [1.82, 2.24) is 10.3 Å². The number of nitrogens with two attached hydrogens (primary N) is 1. The molecule has 7 nitrogen and oxygen atoms in total. The molecule has 0 fully saturated rings. The third-order valence-corrected chi connectivity index (χ3v) is 4.78. The first kappa shape index (κ1) is 16.4. The van der Waals surface area contributed by atoms with Crippen LogP contribution < -0.4 is 15.7 Å². The number of fused-ring (bicyclic) bond motifs is 1. The fourth-order valence-corrected chi connectivity index (χ4v) is 3.22. The average Bonchev–Trinajstić information content (AvgIpc) is 3.12. The van der Waals surface area contributed by atoms with Gasteiger partial charge in [0.2, 0.25) is 5.27 Å². The molecular weight excluding hydrogens is 326 g/mol. The second kappa shape index (κ2) is 6.20. The molecule has 3 aromatic heterocycles. The lowest BCUT2D eigenvalue weighted by Crippen LogP contribution is -2.36. The molecule has 0 aliphatic heterocycles. The Hall–Kier alpha value is -2.48. The Kier molecular flexibility index (Phi) is 4.23. The molecule has 0 spiro atoms. The van der Waals surface area contributed by atoms with Gasteiger partial charge in [-0.3, -0.25) is 14.6 Å². The summed E-state index contributed by atoms with van der Waals surface area (Å²) in [5.41, 5.74) is 7.54. The van der Waals surface area contributed by atoms with Crippen LogP contribution in [-0.2, 0) is 0 Å². The molecular formula is C16H20N5O2S+. The minimum Gasteiger partial charge on any atom is -0.397 e. The van der Waals surface area contributed by atoms with Crippen molar-refractivity contribution in [2.75, 3.05) is 11.1 Å². The van der Waals surface area contributed by atoms with Crippen LogP contribution in [0.5, 0.6) is 0 Å². The molecule has 3 heterocycles. The molecule has 8 heteroatoms. The normalized spacial score (nSPS) is 11.6. The Morgan fingerprint density at radius 3 is 2.71 bits per heavy atom. The number of amides is 1. The number of carbonyl (C=O) groups excluding carboxylic acids is 1. The zero-order valence-electron chi connectivity index (χ0n) is 14.0. The van der Waals surface area contributed by atoms with Crippen LogP contribution in [-0.4, -0.2) is 16.2 Å². The molecule has 3 aromatic rings. The highest BCUT2D eigenvalue weighted by molar-refractivity contribution is 7.21. The molecule has 0 unspecified atom stereocenters. The standard InChI is InChI=1S/C16H19N5O2S/c1-8(2)11-6-5-10-13(17)14(24-16(10)18-11)15(22)19-12-7-21(9(3)4)20-23-12/h5-9H,1-4H3,(H2-,17,19,20,22)/p+1. The number of carbonyl (C=O) groups is 1. The van der Waals surface area contributed by atoms with Crippen LogP contribution in [0.3, 0.4) is 0 Å². The van der Waals surface area contributed by atoms with Gasteiger partial charge in [0.25, 0.3) is 12.1 Å². The minimum absolute atomic E-state index is 0.146. The van der Waals surface area contributed by atoms with Gasteiger partial charge in [-0.15, -0.1) is 11.3 Å². The van der Waals surface area contributed by atoms with Crippen molar-refractivity contribution in [3.8, 4) is 0 Å². The van der Waals surface area contributed by atoms with E-state index in [9.17, 15) is 4.79 Å². The second-order valence-electron chi connectivity index (χ2n) is 6.18. The lowest BCUT2D eigenvalue weighted by molar-refractivity contribution is -0.779. The van der Waals surface area contributed by atoms with E-state index in [-0.39, 0.29) is 17.8 Å². The number of thiophene rings is 1. The summed E-state index contributed by atoms with van der Waals surface area (Å²) in [6.07, 6.45) is 1.64. The predicted molar refractivity (Wildman–Crippen MR) is 93.2 cm³/mol. The summed E-state index contributed by atoms with van der Waals surface area (Å²) in [7, 11) is 0. The molecule has 0 aliphatic carbocycles. The molecule has 0 bridgehead atoms. The molecule has 0 radical (unpaired) electrons. The number of anilines is 2. The van der Waals surface area contributed by atoms with E-state index in [1.165, 1.54) is 11.3 Å². The summed E-state index contributed by atoms with van der Waals surface area (Å²) >= 11 is 1.28. The van der Waals surface area contributed by atoms with E-state index in [1.54, 1.807) is 10.9 Å². The van der Waals surface area contributed by atoms with Gasteiger partial charge in [-0.05, 0) is 36.6 Å². The van der Waals surface area contributed by atoms with Crippen LogP contribution in [0.1, 0.15) is 55.0 Å². The second-order valence-corrected chi connectivity index (χ2v) is 7.18. The van der Waals surface area contributed by atoms with Crippen LogP contribution in [0.4, 0.5) is 11.6 Å². The number of nitrogens with zero attached hydrogens (tertiary/aromatic N) is 3. The Balaban J connectivity index is 1.90. The zero-order chi connectivity index (χ0) is 17.4. The highest BCUT2D eigenvalue weighted by Crippen LogP contribution is 2.33. The van der Waals surface area contributed by atoms with Crippen molar-refractivity contribution in [3.63, 3.8) is 0 Å². The molecule has 1 amide bonds. The maximum Gasteiger partial charge on any atom is 0.302 e. The molecule has 0 saturated heterocycles. The molecule has 0 aliphatic rings. The number of aromatic nitrogens is 3. The van der Waals surface area contributed by atoms with Crippen LogP contribution in [0.2, 0.25) is 0 Å². The summed E-state index contributed by atoms with van der Waals surface area (Å²) in [5, 5.41) is 7.33. The summed E-state index contributed by atoms with van der Waals surface area (Å²) in [6, 6.07) is 4.01. The van der Waals surface area contributed by atoms with Crippen molar-refractivity contribution in [3.05, 3.63) is 28.9 Å². The van der Waals surface area contributed by atoms with Crippen molar-refractivity contribution in [1.29, 1.82) is 0 Å². The van der Waals surface area contributed by atoms with Crippen LogP contribution in [0.25, 0.3) is 10.2 Å². The third kappa shape index (κ3) is 2.96. The van der Waals surface area contributed by atoms with Gasteiger partial charge in [0.05, 0.1) is 5.69 Å². The van der Waals surface area contributed by atoms with E-state index in [1.807, 2.05) is 26.0 Å². The summed E-state index contributed by atoms with van der Waals surface area (Å²) in [6.45, 7) is 8.09. The number of pyridine rings is 1. The lowest BCUT2D eigenvalue weighted by Gasteiger charge is -2.02. The maximum absolute atomic E-state index is 12.5. The van der Waals surface area contributed by atoms with E-state index >= 15 is 0 Å². The zero-order valence-corrected chi connectivity index (χ0v) is 14.8. The average molecular weight is 346 g/mol. The number of rotatable bonds is 4. The topological polar surface area (TPSA) is 97.9 Å². The van der Waals surface area contributed by atoms with Gasteiger partial charge < -0.3 is 5.73 Å². The van der Waals surface area contributed by atoms with E-state index < -0.39 is 0 Å². The molecule has 24 heavy (non-hydrogen) atoms. The smallest absolute Gasteiger partial charge is 0.302 e. The van der Waals surface area contributed by atoms with Gasteiger partial charge in [-0.25, -0.2) is 4.98 Å². The number of hydrogen-bond donors (Lipinski definition) is 2. The van der Waals surface area contributed by atoms with Crippen molar-refractivity contribution in [2.24, 2.45) is 0 Å². The van der Waals surface area contributed by atoms with Gasteiger partial charge in [0.15, 0.2) is 6.04 Å². The third-order valence-electron chi connectivity index (χ3n) is 3.66. The Morgan fingerprint density at radius 1 is 1.33 bits per heavy atom. The Bertz CT molecular complexity index is 897. The van der Waals surface area contributed by atoms with E-state index in [2.05, 4.69) is 29.4 Å². The quantitative estimate of drug-likeness (QED) is 0.707. The number of hydrogen-bond acceptors (Lipinski definition) is 6. The summed E-state index contributed by atoms with van der Waals surface area (Å²) in [4.78, 5) is 18.3. The largest absolute Gasteiger partial charge is 0.397 e. The van der Waals surface area contributed by atoms with Crippen LogP contribution in [0, 0.1) is 0 Å². The predicted octanol–water partition coefficient (Wildman–Crippen LogP) is 3.11. The fraction of sp³-hybridized carbons (Fsp3) is 0.375. The molecule has 126 valence electrons. The molecule has 3 rings (SSSR count). The first-order valence-corrected chi connectivity index (χ1v) is 8.57. The molecule has 0 aromatic carbocycles. The first-order chi connectivity index (χ1) is 11.4. The highest BCUT2D eigenvalue weighted by atomic mass is 32.1. The Labute approximate surface area is 143 Å². The lowest BCUT2D eigenvalue weighted by atomic mass is 10.1. The van der Waals surface area contributed by atoms with Gasteiger partial charge in [-0.1, -0.05) is 13.8 Å². The van der Waals surface area contributed by atoms with E-state index in [0.717, 1.165) is 15.9 Å². The van der Waals surface area contributed by atoms with E-state index in [0.29, 0.717) is 16.5 Å². The van der Waals surface area contributed by atoms with Crippen molar-refractivity contribution in [2.45, 2.75) is 39.7 Å². The fourth-order valence-electron chi connectivity index (χ4n) is 2.23. The van der Waals surface area contributed by atoms with Crippen LogP contribution in [0.15, 0.2) is 22.9 Å². The Morgan fingerprint density at radius 2 is 2.08 bits per heavy atom. The summed E-state index contributed by atoms with van der Waals surface area (Å²) in [5.74, 6) is 0.269. The van der Waals surface area contributed by atoms with Gasteiger partial charge in [0, 0.05) is 11.1 Å². The first-order valence-electron chi connectivity index (χ1n) is 7.75. The minimum atomic E-state index is -0.325. The van der Waals surface area contributed by atoms with Gasteiger partial charge in [-0.2, -0.15) is 0 Å². The molecule has 3 N–H and O–H groups in total. The van der Waals surface area contributed by atoms with Crippen LogP contribution >= 0.6 is 11.3 Å². The molecule has 0 atom stereocenters.